The number of ether oxygens (including phenoxy) is 2. The number of carbonyl (C=O) groups excluding carboxylic acids is 4. The summed E-state index contributed by atoms with van der Waals surface area (Å²) in [4.78, 5) is 51.7. The van der Waals surface area contributed by atoms with Crippen LogP contribution in [-0.2, 0) is 21.5 Å². The zero-order valence-electron chi connectivity index (χ0n) is 19.7. The van der Waals surface area contributed by atoms with Gasteiger partial charge in [-0.25, -0.2) is 9.59 Å². The van der Waals surface area contributed by atoms with Crippen LogP contribution in [0.5, 0.6) is 11.5 Å². The first-order valence-electron chi connectivity index (χ1n) is 11.6. The maximum atomic E-state index is 13.3. The Morgan fingerprint density at radius 2 is 1.80 bits per heavy atom. The number of carbonyl (C=O) groups is 4. The highest BCUT2D eigenvalue weighted by molar-refractivity contribution is 6.11. The molecule has 35 heavy (non-hydrogen) atoms. The van der Waals surface area contributed by atoms with Crippen LogP contribution in [0.2, 0.25) is 0 Å². The van der Waals surface area contributed by atoms with Crippen molar-refractivity contribution in [3.63, 3.8) is 0 Å². The lowest BCUT2D eigenvalue weighted by atomic mass is 9.76. The van der Waals surface area contributed by atoms with Crippen molar-refractivity contribution in [2.24, 2.45) is 0 Å². The molecule has 1 atom stereocenters. The zero-order valence-corrected chi connectivity index (χ0v) is 19.7. The van der Waals surface area contributed by atoms with Gasteiger partial charge in [0.2, 0.25) is 5.91 Å². The molecule has 1 heterocycles. The number of nitrogens with zero attached hydrogens (tertiary/aromatic N) is 1. The average Bonchev–Trinajstić information content (AvgIpc) is 3.06. The quantitative estimate of drug-likeness (QED) is 0.523. The second-order valence-electron chi connectivity index (χ2n) is 8.27. The predicted octanol–water partition coefficient (Wildman–Crippen LogP) is 2.92. The molecule has 184 valence electrons. The van der Waals surface area contributed by atoms with Crippen LogP contribution in [0.1, 0.15) is 37.8 Å². The van der Waals surface area contributed by atoms with E-state index in [0.717, 1.165) is 28.9 Å². The molecule has 2 aromatic carbocycles. The lowest BCUT2D eigenvalue weighted by Gasteiger charge is -2.33. The highest BCUT2D eigenvalue weighted by Crippen LogP contribution is 2.39. The number of nitrogens with one attached hydrogen (secondary N) is 3. The van der Waals surface area contributed by atoms with Gasteiger partial charge in [-0.15, -0.1) is 0 Å². The Hall–Kier alpha value is -4.08. The number of anilines is 1. The average molecular weight is 481 g/mol. The molecule has 1 fully saturated rings. The number of rotatable bonds is 7. The third-order valence-electron chi connectivity index (χ3n) is 6.01. The molecule has 10 heteroatoms. The number of aryl methyl sites for hydroxylation is 1. The van der Waals surface area contributed by atoms with Gasteiger partial charge < -0.3 is 20.1 Å². The fourth-order valence-corrected chi connectivity index (χ4v) is 4.56. The van der Waals surface area contributed by atoms with Crippen LogP contribution in [-0.4, -0.2) is 48.5 Å². The molecule has 0 aromatic heterocycles. The van der Waals surface area contributed by atoms with E-state index in [-0.39, 0.29) is 0 Å². The summed E-state index contributed by atoms with van der Waals surface area (Å²) in [5, 5.41) is 7.50. The van der Waals surface area contributed by atoms with Crippen molar-refractivity contribution in [3.8, 4) is 11.5 Å². The molecule has 0 saturated carbocycles. The van der Waals surface area contributed by atoms with Gasteiger partial charge in [0.1, 0.15) is 12.1 Å². The Labute approximate surface area is 203 Å². The van der Waals surface area contributed by atoms with Gasteiger partial charge in [0.25, 0.3) is 5.91 Å². The highest BCUT2D eigenvalue weighted by atomic mass is 16.5. The van der Waals surface area contributed by atoms with Crippen LogP contribution < -0.4 is 25.4 Å². The normalized spacial score (nSPS) is 18.6. The molecular formula is C25H28N4O6. The van der Waals surface area contributed by atoms with Crippen molar-refractivity contribution in [1.29, 1.82) is 0 Å². The Kier molecular flexibility index (Phi) is 6.90. The topological polar surface area (TPSA) is 126 Å². The summed E-state index contributed by atoms with van der Waals surface area (Å²) in [6.07, 6.45) is 2.00. The molecule has 0 unspecified atom stereocenters. The molecule has 6 amide bonds. The van der Waals surface area contributed by atoms with Crippen LogP contribution in [0, 0.1) is 0 Å². The van der Waals surface area contributed by atoms with E-state index in [0.29, 0.717) is 36.8 Å². The van der Waals surface area contributed by atoms with Gasteiger partial charge in [-0.05, 0) is 56.4 Å². The van der Waals surface area contributed by atoms with Gasteiger partial charge in [0.05, 0.1) is 13.2 Å². The maximum absolute atomic E-state index is 13.3. The lowest BCUT2D eigenvalue weighted by Crippen LogP contribution is -2.47. The fourth-order valence-electron chi connectivity index (χ4n) is 4.56. The summed E-state index contributed by atoms with van der Waals surface area (Å²) >= 11 is 0. The molecule has 1 saturated heterocycles. The predicted molar refractivity (Wildman–Crippen MR) is 127 cm³/mol. The van der Waals surface area contributed by atoms with Crippen LogP contribution in [0.25, 0.3) is 0 Å². The van der Waals surface area contributed by atoms with E-state index >= 15 is 0 Å². The fraction of sp³-hybridized carbons (Fsp3) is 0.360. The molecule has 10 nitrogen and oxygen atoms in total. The monoisotopic (exact) mass is 480 g/mol. The smallest absolute Gasteiger partial charge is 0.325 e. The van der Waals surface area contributed by atoms with E-state index in [4.69, 9.17) is 9.47 Å². The summed E-state index contributed by atoms with van der Waals surface area (Å²) in [7, 11) is 0. The van der Waals surface area contributed by atoms with Crippen LogP contribution in [0.15, 0.2) is 42.5 Å². The number of hydrogen-bond donors (Lipinski definition) is 3. The Balaban J connectivity index is 1.40. The van der Waals surface area contributed by atoms with E-state index in [1.54, 1.807) is 18.2 Å². The molecular weight excluding hydrogens is 452 g/mol. The first kappa shape index (κ1) is 24.1. The molecule has 4 rings (SSSR count). The molecule has 1 aliphatic carbocycles. The third kappa shape index (κ3) is 4.77. The van der Waals surface area contributed by atoms with Gasteiger partial charge in [-0.2, -0.15) is 0 Å². The van der Waals surface area contributed by atoms with Gasteiger partial charge in [0, 0.05) is 11.8 Å². The van der Waals surface area contributed by atoms with Gasteiger partial charge >= 0.3 is 12.1 Å². The molecule has 2 aliphatic rings. The zero-order chi connectivity index (χ0) is 25.0. The van der Waals surface area contributed by atoms with Crippen LogP contribution in [0.3, 0.4) is 0 Å². The lowest BCUT2D eigenvalue weighted by molar-refractivity contribution is -0.135. The second kappa shape index (κ2) is 10.0. The van der Waals surface area contributed by atoms with Crippen molar-refractivity contribution in [3.05, 3.63) is 53.6 Å². The molecule has 0 bridgehead atoms. The number of benzene rings is 2. The van der Waals surface area contributed by atoms with Crippen molar-refractivity contribution in [2.45, 2.75) is 38.6 Å². The first-order chi connectivity index (χ1) is 16.9. The van der Waals surface area contributed by atoms with Crippen LogP contribution >= 0.6 is 0 Å². The number of imide groups is 2. The van der Waals surface area contributed by atoms with Crippen molar-refractivity contribution in [2.75, 3.05) is 25.1 Å². The van der Waals surface area contributed by atoms with Crippen LogP contribution in [0.4, 0.5) is 15.3 Å². The molecule has 1 spiro atoms. The standard InChI is InChI=1S/C25H28N4O6/c1-3-34-19-12-11-17(14-20(19)35-4-2)26-23(32)27-21(30)15-29-22(31)25(28-24(29)33)13-7-9-16-8-5-6-10-18(16)25/h5-6,8,10-12,14H,3-4,7,9,13,15H2,1-2H3,(H,28,33)(H2,26,27,30,32)/t25-/m0/s1. The van der Waals surface area contributed by atoms with Gasteiger partial charge in [-0.3, -0.25) is 19.8 Å². The van der Waals surface area contributed by atoms with Crippen molar-refractivity contribution < 1.29 is 28.7 Å². The van der Waals surface area contributed by atoms with E-state index < -0.39 is 36.0 Å². The number of amides is 6. The summed E-state index contributed by atoms with van der Waals surface area (Å²) in [5.74, 6) is -0.287. The third-order valence-corrected chi connectivity index (χ3v) is 6.01. The second-order valence-corrected chi connectivity index (χ2v) is 8.27. The van der Waals surface area contributed by atoms with Crippen molar-refractivity contribution >= 4 is 29.6 Å². The minimum Gasteiger partial charge on any atom is -0.490 e. The summed E-state index contributed by atoms with van der Waals surface area (Å²) in [6, 6.07) is 10.9. The molecule has 1 aliphatic heterocycles. The van der Waals surface area contributed by atoms with Crippen molar-refractivity contribution in [1.82, 2.24) is 15.5 Å². The summed E-state index contributed by atoms with van der Waals surface area (Å²) < 4.78 is 11.0. The minimum atomic E-state index is -1.17. The first-order valence-corrected chi connectivity index (χ1v) is 11.6. The van der Waals surface area contributed by atoms with Gasteiger partial charge in [0.15, 0.2) is 11.5 Å². The SMILES string of the molecule is CCOc1ccc(NC(=O)NC(=O)CN2C(=O)N[C@]3(CCCc4ccccc43)C2=O)cc1OCC. The van der Waals surface area contributed by atoms with Gasteiger partial charge in [-0.1, -0.05) is 24.3 Å². The molecule has 2 aromatic rings. The Morgan fingerprint density at radius 3 is 2.57 bits per heavy atom. The van der Waals surface area contributed by atoms with E-state index in [1.165, 1.54) is 0 Å². The minimum absolute atomic E-state index is 0.384. The van der Waals surface area contributed by atoms with E-state index in [9.17, 15) is 19.2 Å². The largest absolute Gasteiger partial charge is 0.490 e. The summed E-state index contributed by atoms with van der Waals surface area (Å²) in [6.45, 7) is 3.97. The Bertz CT molecular complexity index is 1170. The number of fused-ring (bicyclic) bond motifs is 2. The highest BCUT2D eigenvalue weighted by Gasteiger charge is 2.54. The number of hydrogen-bond acceptors (Lipinski definition) is 6. The molecule has 0 radical (unpaired) electrons. The maximum Gasteiger partial charge on any atom is 0.325 e. The van der Waals surface area contributed by atoms with E-state index in [2.05, 4.69) is 16.0 Å². The molecule has 3 N–H and O–H groups in total. The number of urea groups is 2. The Morgan fingerprint density at radius 1 is 1.06 bits per heavy atom. The van der Waals surface area contributed by atoms with E-state index in [1.807, 2.05) is 38.1 Å². The summed E-state index contributed by atoms with van der Waals surface area (Å²) in [5.41, 5.74) is 0.965.